The fourth-order valence-electron chi connectivity index (χ4n) is 3.53. The molecule has 0 saturated heterocycles. The monoisotopic (exact) mass is 407 g/mol. The van der Waals surface area contributed by atoms with E-state index in [1.54, 1.807) is 17.4 Å². The average molecular weight is 407 g/mol. The molecule has 144 valence electrons. The van der Waals surface area contributed by atoms with Crippen molar-refractivity contribution in [2.24, 2.45) is 0 Å². The Kier molecular flexibility index (Phi) is 4.55. The molecule has 0 fully saturated rings. The molecule has 0 spiro atoms. The van der Waals surface area contributed by atoms with E-state index in [1.807, 2.05) is 77.7 Å². The Bertz CT molecular complexity index is 1370. The molecule has 1 aromatic heterocycles. The number of nitriles is 1. The minimum absolute atomic E-state index is 0.210. The van der Waals surface area contributed by atoms with Gasteiger partial charge in [0, 0.05) is 0 Å². The van der Waals surface area contributed by atoms with Gasteiger partial charge in [-0.2, -0.15) is 5.26 Å². The lowest BCUT2D eigenvalue weighted by molar-refractivity contribution is 0.476. The van der Waals surface area contributed by atoms with Crippen LogP contribution in [0.4, 0.5) is 10.8 Å². The summed E-state index contributed by atoms with van der Waals surface area (Å²) >= 11 is 1.59. The lowest BCUT2D eigenvalue weighted by Crippen LogP contribution is -2.16. The molecule has 4 nitrogen and oxygen atoms in total. The van der Waals surface area contributed by atoms with Crippen molar-refractivity contribution in [1.29, 1.82) is 5.26 Å². The zero-order valence-electron chi connectivity index (χ0n) is 16.0. The molecule has 0 atom stereocenters. The van der Waals surface area contributed by atoms with Gasteiger partial charge in [0.2, 0.25) is 0 Å². The van der Waals surface area contributed by atoms with E-state index in [1.165, 1.54) is 0 Å². The van der Waals surface area contributed by atoms with E-state index in [0.29, 0.717) is 17.8 Å². The molecule has 0 bridgehead atoms. The summed E-state index contributed by atoms with van der Waals surface area (Å²) in [5.41, 5.74) is 3.29. The fraction of sp³-hybridized carbons (Fsp3) is 0.0400. The summed E-state index contributed by atoms with van der Waals surface area (Å²) in [6.07, 6.45) is 0. The predicted molar refractivity (Wildman–Crippen MR) is 122 cm³/mol. The van der Waals surface area contributed by atoms with E-state index in [9.17, 15) is 5.11 Å². The molecule has 0 aliphatic rings. The van der Waals surface area contributed by atoms with Crippen LogP contribution in [0.15, 0.2) is 84.9 Å². The van der Waals surface area contributed by atoms with Crippen molar-refractivity contribution in [2.75, 3.05) is 4.90 Å². The third kappa shape index (κ3) is 3.34. The van der Waals surface area contributed by atoms with Crippen molar-refractivity contribution in [1.82, 2.24) is 4.98 Å². The highest BCUT2D eigenvalue weighted by molar-refractivity contribution is 7.22. The Morgan fingerprint density at radius 2 is 1.60 bits per heavy atom. The van der Waals surface area contributed by atoms with Gasteiger partial charge in [0.15, 0.2) is 5.13 Å². The topological polar surface area (TPSA) is 60.2 Å². The number of aromatic hydroxyl groups is 1. The molecule has 5 heteroatoms. The Morgan fingerprint density at radius 3 is 2.33 bits per heavy atom. The molecule has 1 N–H and O–H groups in total. The van der Waals surface area contributed by atoms with Crippen LogP contribution in [0.25, 0.3) is 21.0 Å². The Balaban J connectivity index is 1.65. The number of para-hydroxylation sites is 1. The first-order valence-electron chi connectivity index (χ1n) is 9.55. The maximum atomic E-state index is 10.9. The molecular formula is C25H17N3OS. The highest BCUT2D eigenvalue weighted by atomic mass is 32.1. The summed E-state index contributed by atoms with van der Waals surface area (Å²) in [4.78, 5) is 6.86. The first-order chi connectivity index (χ1) is 14.7. The summed E-state index contributed by atoms with van der Waals surface area (Å²) in [5, 5.41) is 22.8. The number of phenols is 1. The van der Waals surface area contributed by atoms with E-state index in [-0.39, 0.29) is 5.75 Å². The van der Waals surface area contributed by atoms with Crippen LogP contribution >= 0.6 is 11.3 Å². The summed E-state index contributed by atoms with van der Waals surface area (Å²) in [6.45, 7) is 0.525. The number of hydrogen-bond donors (Lipinski definition) is 1. The van der Waals surface area contributed by atoms with Crippen molar-refractivity contribution in [3.05, 3.63) is 96.1 Å². The molecule has 0 unspecified atom stereocenters. The molecule has 5 rings (SSSR count). The van der Waals surface area contributed by atoms with E-state index in [0.717, 1.165) is 31.7 Å². The highest BCUT2D eigenvalue weighted by Crippen LogP contribution is 2.40. The van der Waals surface area contributed by atoms with Gasteiger partial charge in [0.25, 0.3) is 0 Å². The maximum Gasteiger partial charge on any atom is 0.191 e. The summed E-state index contributed by atoms with van der Waals surface area (Å²) < 4.78 is 1.10. The van der Waals surface area contributed by atoms with Crippen molar-refractivity contribution >= 4 is 43.1 Å². The maximum absolute atomic E-state index is 10.9. The molecule has 30 heavy (non-hydrogen) atoms. The second-order valence-corrected chi connectivity index (χ2v) is 8.06. The normalized spacial score (nSPS) is 10.9. The van der Waals surface area contributed by atoms with Gasteiger partial charge in [0.05, 0.1) is 34.1 Å². The predicted octanol–water partition coefficient (Wildman–Crippen LogP) is 6.37. The minimum atomic E-state index is 0.210. The van der Waals surface area contributed by atoms with Crippen molar-refractivity contribution in [3.8, 4) is 11.8 Å². The van der Waals surface area contributed by atoms with Crippen molar-refractivity contribution in [3.63, 3.8) is 0 Å². The van der Waals surface area contributed by atoms with E-state index >= 15 is 0 Å². The smallest absolute Gasteiger partial charge is 0.191 e. The van der Waals surface area contributed by atoms with E-state index in [2.05, 4.69) is 12.1 Å². The van der Waals surface area contributed by atoms with Gasteiger partial charge in [-0.25, -0.2) is 4.98 Å². The van der Waals surface area contributed by atoms with Crippen LogP contribution in [-0.4, -0.2) is 10.1 Å². The molecule has 0 radical (unpaired) electrons. The van der Waals surface area contributed by atoms with Gasteiger partial charge in [-0.3, -0.25) is 0 Å². The number of hydrogen-bond acceptors (Lipinski definition) is 5. The summed E-state index contributed by atoms with van der Waals surface area (Å²) in [6, 6.07) is 29.5. The second kappa shape index (κ2) is 7.51. The first-order valence-corrected chi connectivity index (χ1v) is 10.4. The largest absolute Gasteiger partial charge is 0.506 e. The van der Waals surface area contributed by atoms with E-state index in [4.69, 9.17) is 10.2 Å². The fourth-order valence-corrected chi connectivity index (χ4v) is 4.51. The lowest BCUT2D eigenvalue weighted by atomic mass is 10.1. The first kappa shape index (κ1) is 18.2. The molecular weight excluding hydrogens is 390 g/mol. The molecule has 0 aliphatic heterocycles. The number of phenolic OH excluding ortho intramolecular Hbond substituents is 1. The third-order valence-corrected chi connectivity index (χ3v) is 6.13. The quantitative estimate of drug-likeness (QED) is 0.376. The number of nitrogens with zero attached hydrogens (tertiary/aromatic N) is 3. The minimum Gasteiger partial charge on any atom is -0.506 e. The van der Waals surface area contributed by atoms with Gasteiger partial charge in [-0.1, -0.05) is 59.9 Å². The molecule has 5 aromatic rings. The molecule has 0 saturated carbocycles. The Morgan fingerprint density at radius 1 is 0.900 bits per heavy atom. The standard InChI is InChI=1S/C25H17N3OS/c26-15-17-9-11-18(12-10-17)16-28(25-27-21-7-3-4-8-24(21)30-25)22-13-19-5-1-2-6-20(19)14-23(22)29/h1-14,29H,16H2. The Hall–Kier alpha value is -3.88. The summed E-state index contributed by atoms with van der Waals surface area (Å²) in [7, 11) is 0. The number of aromatic nitrogens is 1. The van der Waals surface area contributed by atoms with Crippen LogP contribution in [0.1, 0.15) is 11.1 Å². The van der Waals surface area contributed by atoms with Crippen LogP contribution in [-0.2, 0) is 6.54 Å². The van der Waals surface area contributed by atoms with Gasteiger partial charge >= 0.3 is 0 Å². The van der Waals surface area contributed by atoms with Gasteiger partial charge in [-0.05, 0) is 52.7 Å². The lowest BCUT2D eigenvalue weighted by Gasteiger charge is -2.23. The zero-order chi connectivity index (χ0) is 20.5. The number of rotatable bonds is 4. The van der Waals surface area contributed by atoms with Gasteiger partial charge in [0.1, 0.15) is 5.75 Å². The van der Waals surface area contributed by atoms with Crippen LogP contribution in [0.3, 0.4) is 0 Å². The average Bonchev–Trinajstić information content (AvgIpc) is 3.21. The Labute approximate surface area is 177 Å². The zero-order valence-corrected chi connectivity index (χ0v) is 16.8. The van der Waals surface area contributed by atoms with Gasteiger partial charge in [-0.15, -0.1) is 0 Å². The van der Waals surface area contributed by atoms with Crippen molar-refractivity contribution < 1.29 is 5.11 Å². The number of fused-ring (bicyclic) bond motifs is 2. The van der Waals surface area contributed by atoms with E-state index < -0.39 is 0 Å². The second-order valence-electron chi connectivity index (χ2n) is 7.05. The number of benzene rings is 4. The van der Waals surface area contributed by atoms with Crippen LogP contribution in [0, 0.1) is 11.3 Å². The molecule has 0 aliphatic carbocycles. The number of anilines is 2. The molecule has 1 heterocycles. The van der Waals surface area contributed by atoms with Crippen molar-refractivity contribution in [2.45, 2.75) is 6.54 Å². The van der Waals surface area contributed by atoms with Crippen LogP contribution < -0.4 is 4.90 Å². The SMILES string of the molecule is N#Cc1ccc(CN(c2nc3ccccc3s2)c2cc3ccccc3cc2O)cc1. The van der Waals surface area contributed by atoms with Crippen LogP contribution in [0.5, 0.6) is 5.75 Å². The highest BCUT2D eigenvalue weighted by Gasteiger charge is 2.19. The van der Waals surface area contributed by atoms with Gasteiger partial charge < -0.3 is 10.0 Å². The number of thiazole rings is 1. The summed E-state index contributed by atoms with van der Waals surface area (Å²) in [5.74, 6) is 0.210. The molecule has 4 aromatic carbocycles. The third-order valence-electron chi connectivity index (χ3n) is 5.07. The van der Waals surface area contributed by atoms with Crippen LogP contribution in [0.2, 0.25) is 0 Å². The molecule has 0 amide bonds.